The second-order valence-corrected chi connectivity index (χ2v) is 10.9. The summed E-state index contributed by atoms with van der Waals surface area (Å²) in [7, 11) is 4.28. The molecule has 0 atom stereocenters. The van der Waals surface area contributed by atoms with Crippen LogP contribution in [0.4, 0.5) is 11.4 Å². The molecule has 0 unspecified atom stereocenters. The van der Waals surface area contributed by atoms with Gasteiger partial charge in [-0.05, 0) is 87.3 Å². The van der Waals surface area contributed by atoms with E-state index in [0.29, 0.717) is 12.6 Å². The quantitative estimate of drug-likeness (QED) is 0.368. The van der Waals surface area contributed by atoms with E-state index in [1.807, 2.05) is 60.9 Å². The Balaban J connectivity index is 1.28. The lowest BCUT2D eigenvalue weighted by atomic mass is 9.96. The topological polar surface area (TPSA) is 42.9 Å². The third-order valence-corrected chi connectivity index (χ3v) is 8.37. The number of likely N-dealkylation sites (tertiary alicyclic amines) is 2. The molecule has 2 saturated heterocycles. The van der Waals surface area contributed by atoms with Crippen LogP contribution in [0.15, 0.2) is 85.2 Å². The Morgan fingerprint density at radius 2 is 1.51 bits per heavy atom. The van der Waals surface area contributed by atoms with Gasteiger partial charge in [-0.25, -0.2) is 0 Å². The van der Waals surface area contributed by atoms with Crippen LogP contribution in [0.2, 0.25) is 0 Å². The van der Waals surface area contributed by atoms with Crippen molar-refractivity contribution >= 4 is 23.4 Å². The Labute approximate surface area is 233 Å². The summed E-state index contributed by atoms with van der Waals surface area (Å²) in [6, 6.07) is 23.6. The molecule has 39 heavy (non-hydrogen) atoms. The second-order valence-electron chi connectivity index (χ2n) is 10.9. The number of rotatable bonds is 8. The van der Waals surface area contributed by atoms with Crippen LogP contribution in [-0.4, -0.2) is 77.9 Å². The fourth-order valence-corrected chi connectivity index (χ4v) is 5.88. The first-order chi connectivity index (χ1) is 19.1. The minimum absolute atomic E-state index is 0.0922. The highest BCUT2D eigenvalue weighted by Gasteiger charge is 2.31. The van der Waals surface area contributed by atoms with Crippen molar-refractivity contribution < 1.29 is 4.79 Å². The molecule has 6 heteroatoms. The fraction of sp³-hybridized carbons (Fsp3) is 0.394. The van der Waals surface area contributed by atoms with E-state index in [1.54, 1.807) is 6.08 Å². The molecule has 0 N–H and O–H groups in total. The summed E-state index contributed by atoms with van der Waals surface area (Å²) >= 11 is 0. The van der Waals surface area contributed by atoms with E-state index in [0.717, 1.165) is 48.4 Å². The Morgan fingerprint density at radius 1 is 0.872 bits per heavy atom. The number of benzene rings is 2. The zero-order valence-corrected chi connectivity index (χ0v) is 23.3. The SMILES string of the molecule is CN1CCC(N2CCC(N(Cc3ccc(N(C)c4ccncc4)cc3)C(=O)C=Cc3ccccc3)CC2)CC1. The van der Waals surface area contributed by atoms with Crippen LogP contribution < -0.4 is 4.90 Å². The molecule has 1 aromatic heterocycles. The van der Waals surface area contributed by atoms with Gasteiger partial charge in [0.05, 0.1) is 0 Å². The first-order valence-corrected chi connectivity index (χ1v) is 14.3. The first kappa shape index (κ1) is 27.1. The van der Waals surface area contributed by atoms with Crippen molar-refractivity contribution in [3.8, 4) is 0 Å². The molecular formula is C33H41N5O. The molecule has 0 bridgehead atoms. The van der Waals surface area contributed by atoms with Crippen LogP contribution in [0.5, 0.6) is 0 Å². The minimum Gasteiger partial charge on any atom is -0.345 e. The Hall–Kier alpha value is -3.48. The lowest BCUT2D eigenvalue weighted by Gasteiger charge is -2.43. The summed E-state index contributed by atoms with van der Waals surface area (Å²) in [5, 5.41) is 0. The fourth-order valence-electron chi connectivity index (χ4n) is 5.88. The number of hydrogen-bond acceptors (Lipinski definition) is 5. The van der Waals surface area contributed by atoms with Crippen LogP contribution in [0, 0.1) is 0 Å². The van der Waals surface area contributed by atoms with Crippen molar-refractivity contribution in [3.63, 3.8) is 0 Å². The minimum atomic E-state index is 0.0922. The van der Waals surface area contributed by atoms with Crippen molar-refractivity contribution in [1.29, 1.82) is 0 Å². The lowest BCUT2D eigenvalue weighted by molar-refractivity contribution is -0.130. The van der Waals surface area contributed by atoms with E-state index in [-0.39, 0.29) is 11.9 Å². The molecule has 0 aliphatic carbocycles. The zero-order valence-electron chi connectivity index (χ0n) is 23.3. The van der Waals surface area contributed by atoms with Crippen LogP contribution in [0.1, 0.15) is 36.8 Å². The maximum absolute atomic E-state index is 13.6. The molecule has 2 aliphatic rings. The van der Waals surface area contributed by atoms with E-state index >= 15 is 0 Å². The molecule has 6 nitrogen and oxygen atoms in total. The smallest absolute Gasteiger partial charge is 0.247 e. The van der Waals surface area contributed by atoms with E-state index in [2.05, 4.69) is 62.9 Å². The van der Waals surface area contributed by atoms with E-state index < -0.39 is 0 Å². The van der Waals surface area contributed by atoms with Gasteiger partial charge in [0.2, 0.25) is 5.91 Å². The molecule has 3 aromatic rings. The Kier molecular flexibility index (Phi) is 9.07. The predicted molar refractivity (Wildman–Crippen MR) is 160 cm³/mol. The van der Waals surface area contributed by atoms with Crippen molar-refractivity contribution in [3.05, 3.63) is 96.3 Å². The number of amides is 1. The molecular weight excluding hydrogens is 482 g/mol. The van der Waals surface area contributed by atoms with Gasteiger partial charge >= 0.3 is 0 Å². The van der Waals surface area contributed by atoms with Crippen LogP contribution >= 0.6 is 0 Å². The van der Waals surface area contributed by atoms with Gasteiger partial charge < -0.3 is 19.6 Å². The first-order valence-electron chi connectivity index (χ1n) is 14.3. The average molecular weight is 524 g/mol. The number of carbonyl (C=O) groups excluding carboxylic acids is 1. The van der Waals surface area contributed by atoms with E-state index in [9.17, 15) is 4.79 Å². The van der Waals surface area contributed by atoms with Gasteiger partial charge in [-0.2, -0.15) is 0 Å². The maximum atomic E-state index is 13.6. The molecule has 0 radical (unpaired) electrons. The number of nitrogens with zero attached hydrogens (tertiary/aromatic N) is 5. The summed E-state index contributed by atoms with van der Waals surface area (Å²) in [5.41, 5.74) is 4.41. The molecule has 2 aromatic carbocycles. The highest BCUT2D eigenvalue weighted by atomic mass is 16.2. The largest absolute Gasteiger partial charge is 0.345 e. The summed E-state index contributed by atoms with van der Waals surface area (Å²) in [6.45, 7) is 5.13. The number of pyridine rings is 1. The molecule has 204 valence electrons. The second kappa shape index (κ2) is 13.0. The summed E-state index contributed by atoms with van der Waals surface area (Å²) in [6.07, 6.45) is 11.9. The Bertz CT molecular complexity index is 1200. The van der Waals surface area contributed by atoms with Crippen molar-refractivity contribution in [2.45, 2.75) is 44.3 Å². The third-order valence-electron chi connectivity index (χ3n) is 8.37. The third kappa shape index (κ3) is 7.14. The normalized spacial score (nSPS) is 17.9. The Morgan fingerprint density at radius 3 is 2.18 bits per heavy atom. The maximum Gasteiger partial charge on any atom is 0.247 e. The monoisotopic (exact) mass is 523 g/mol. The van der Waals surface area contributed by atoms with Crippen LogP contribution in [0.3, 0.4) is 0 Å². The molecule has 1 amide bonds. The number of carbonyl (C=O) groups is 1. The summed E-state index contributed by atoms with van der Waals surface area (Å²) < 4.78 is 0. The van der Waals surface area contributed by atoms with Gasteiger partial charge in [-0.1, -0.05) is 42.5 Å². The van der Waals surface area contributed by atoms with E-state index in [4.69, 9.17) is 0 Å². The number of piperidine rings is 2. The molecule has 2 fully saturated rings. The molecule has 2 aliphatic heterocycles. The van der Waals surface area contributed by atoms with Gasteiger partial charge in [0.15, 0.2) is 0 Å². The van der Waals surface area contributed by atoms with Gasteiger partial charge in [0, 0.05) is 68.6 Å². The molecule has 5 rings (SSSR count). The number of hydrogen-bond donors (Lipinski definition) is 0. The number of anilines is 2. The van der Waals surface area contributed by atoms with E-state index in [1.165, 1.54) is 25.9 Å². The van der Waals surface area contributed by atoms with Crippen molar-refractivity contribution in [1.82, 2.24) is 19.7 Å². The van der Waals surface area contributed by atoms with Gasteiger partial charge in [-0.3, -0.25) is 9.78 Å². The molecule has 0 spiro atoms. The predicted octanol–water partition coefficient (Wildman–Crippen LogP) is 5.45. The standard InChI is InChI=1S/C33H41N5O/c1-35-22-16-31(17-23-35)37-24-18-32(19-25-37)38(33(39)13-10-27-6-4-3-5-7-27)26-28-8-11-29(12-9-28)36(2)30-14-20-34-21-15-30/h3-15,20-21,31-32H,16-19,22-26H2,1-2H3. The van der Waals surface area contributed by atoms with Gasteiger partial charge in [-0.15, -0.1) is 0 Å². The molecule has 3 heterocycles. The average Bonchev–Trinajstić information content (AvgIpc) is 3.00. The van der Waals surface area contributed by atoms with Gasteiger partial charge in [0.1, 0.15) is 0 Å². The highest BCUT2D eigenvalue weighted by Crippen LogP contribution is 2.27. The van der Waals surface area contributed by atoms with Gasteiger partial charge in [0.25, 0.3) is 0 Å². The van der Waals surface area contributed by atoms with Crippen LogP contribution in [-0.2, 0) is 11.3 Å². The summed E-state index contributed by atoms with van der Waals surface area (Å²) in [5.74, 6) is 0.0922. The van der Waals surface area contributed by atoms with Crippen molar-refractivity contribution in [2.75, 3.05) is 45.2 Å². The lowest BCUT2D eigenvalue weighted by Crippen LogP contribution is -2.51. The number of aromatic nitrogens is 1. The van der Waals surface area contributed by atoms with Crippen LogP contribution in [0.25, 0.3) is 6.08 Å². The zero-order chi connectivity index (χ0) is 27.0. The van der Waals surface area contributed by atoms with Crippen molar-refractivity contribution in [2.24, 2.45) is 0 Å². The highest BCUT2D eigenvalue weighted by molar-refractivity contribution is 5.92. The molecule has 0 saturated carbocycles. The summed E-state index contributed by atoms with van der Waals surface area (Å²) in [4.78, 5) is 27.1.